The van der Waals surface area contributed by atoms with Crippen LogP contribution in [-0.4, -0.2) is 57.5 Å². The third-order valence-corrected chi connectivity index (χ3v) is 5.23. The first-order valence-electron chi connectivity index (χ1n) is 9.93. The van der Waals surface area contributed by atoms with Crippen molar-refractivity contribution in [3.05, 3.63) is 0 Å². The fourth-order valence-corrected chi connectivity index (χ4v) is 3.59. The summed E-state index contributed by atoms with van der Waals surface area (Å²) in [6, 6.07) is -1.97. The molecule has 0 heterocycles. The predicted octanol–water partition coefficient (Wildman–Crippen LogP) is 3.47. The van der Waals surface area contributed by atoms with Gasteiger partial charge in [0.1, 0.15) is 17.7 Å². The van der Waals surface area contributed by atoms with E-state index >= 15 is 0 Å². The van der Waals surface area contributed by atoms with E-state index in [1.165, 1.54) is 18.4 Å². The molecule has 0 aliphatic heterocycles. The molecule has 162 valence electrons. The van der Waals surface area contributed by atoms with Crippen molar-refractivity contribution in [2.75, 3.05) is 7.05 Å². The molecule has 2 atom stereocenters. The Balaban J connectivity index is 3.02. The molecular weight excluding hydrogens is 380 g/mol. The minimum atomic E-state index is -1.18. The fourth-order valence-electron chi connectivity index (χ4n) is 3.42. The molecule has 0 aromatic carbocycles. The van der Waals surface area contributed by atoms with Crippen molar-refractivity contribution >= 4 is 30.6 Å². The lowest BCUT2D eigenvalue weighted by molar-refractivity contribution is -0.143. The number of thiol groups is 1. The number of rotatable bonds is 7. The van der Waals surface area contributed by atoms with Crippen LogP contribution >= 0.6 is 12.6 Å². The third-order valence-electron chi connectivity index (χ3n) is 4.97. The Morgan fingerprint density at radius 3 is 2.11 bits per heavy atom. The molecule has 28 heavy (non-hydrogen) atoms. The Kier molecular flexibility index (Phi) is 8.65. The normalized spacial score (nSPS) is 18.1. The van der Waals surface area contributed by atoms with Crippen molar-refractivity contribution in [3.63, 3.8) is 0 Å². The number of hydrogen-bond donors (Lipinski definition) is 3. The molecule has 8 heteroatoms. The highest BCUT2D eigenvalue weighted by Crippen LogP contribution is 2.29. The van der Waals surface area contributed by atoms with Gasteiger partial charge in [0.15, 0.2) is 0 Å². The number of carboxylic acid groups (broad SMARTS) is 1. The molecule has 1 aliphatic rings. The van der Waals surface area contributed by atoms with Crippen LogP contribution in [0.2, 0.25) is 0 Å². The van der Waals surface area contributed by atoms with E-state index in [9.17, 15) is 19.5 Å². The second kappa shape index (κ2) is 9.85. The minimum absolute atomic E-state index is 0.321. The van der Waals surface area contributed by atoms with E-state index in [1.807, 2.05) is 0 Å². The largest absolute Gasteiger partial charge is 0.480 e. The van der Waals surface area contributed by atoms with Gasteiger partial charge in [-0.3, -0.25) is 9.69 Å². The van der Waals surface area contributed by atoms with E-state index in [-0.39, 0.29) is 0 Å². The summed E-state index contributed by atoms with van der Waals surface area (Å²) in [6.45, 7) is 8.54. The van der Waals surface area contributed by atoms with Gasteiger partial charge in [0.05, 0.1) is 0 Å². The number of carboxylic acids is 1. The molecule has 2 N–H and O–H groups in total. The number of amides is 2. The molecule has 1 aliphatic carbocycles. The Bertz CT molecular complexity index is 562. The van der Waals surface area contributed by atoms with Crippen LogP contribution in [0.15, 0.2) is 0 Å². The second-order valence-corrected chi connectivity index (χ2v) is 10.4. The molecule has 0 bridgehead atoms. The van der Waals surface area contributed by atoms with Crippen molar-refractivity contribution in [1.29, 1.82) is 0 Å². The molecule has 7 nitrogen and oxygen atoms in total. The predicted molar refractivity (Wildman–Crippen MR) is 112 cm³/mol. The topological polar surface area (TPSA) is 95.9 Å². The average molecular weight is 417 g/mol. The number of hydrogen-bond acceptors (Lipinski definition) is 5. The van der Waals surface area contributed by atoms with Crippen LogP contribution in [-0.2, 0) is 14.3 Å². The summed E-state index contributed by atoms with van der Waals surface area (Å²) in [5.41, 5.74) is -0.687. The second-order valence-electron chi connectivity index (χ2n) is 9.28. The summed E-state index contributed by atoms with van der Waals surface area (Å²) >= 11 is 4.31. The van der Waals surface area contributed by atoms with Gasteiger partial charge in [0, 0.05) is 11.8 Å². The van der Waals surface area contributed by atoms with Crippen molar-refractivity contribution in [2.24, 2.45) is 5.92 Å². The number of nitrogens with zero attached hydrogens (tertiary/aromatic N) is 1. The minimum Gasteiger partial charge on any atom is -0.480 e. The summed E-state index contributed by atoms with van der Waals surface area (Å²) in [5, 5.41) is 12.1. The number of carbonyl (C=O) groups is 3. The Morgan fingerprint density at radius 1 is 1.14 bits per heavy atom. The van der Waals surface area contributed by atoms with Crippen LogP contribution in [0.1, 0.15) is 73.1 Å². The van der Waals surface area contributed by atoms with E-state index in [4.69, 9.17) is 4.74 Å². The highest BCUT2D eigenvalue weighted by atomic mass is 32.1. The van der Waals surface area contributed by atoms with E-state index in [0.717, 1.165) is 25.7 Å². The van der Waals surface area contributed by atoms with Crippen LogP contribution in [0.4, 0.5) is 4.79 Å². The standard InChI is InChI=1S/C20H36N2O5S/c1-19(2,3)27-18(26)22(6)14(12-13-10-8-7-9-11-13)16(23)21-15(17(24)25)20(4,5)28/h13-15,28H,7-12H2,1-6H3,(H,21,23)(H,24,25)/t14-,15-/m0/s1. The van der Waals surface area contributed by atoms with Crippen LogP contribution in [0.3, 0.4) is 0 Å². The third kappa shape index (κ3) is 7.89. The first-order chi connectivity index (χ1) is 12.7. The van der Waals surface area contributed by atoms with Gasteiger partial charge < -0.3 is 15.2 Å². The lowest BCUT2D eigenvalue weighted by Crippen LogP contribution is -2.57. The van der Waals surface area contributed by atoms with Gasteiger partial charge in [-0.15, -0.1) is 0 Å². The Labute approximate surface area is 174 Å². The monoisotopic (exact) mass is 416 g/mol. The summed E-state index contributed by atoms with van der Waals surface area (Å²) in [7, 11) is 1.53. The number of aliphatic carboxylic acids is 1. The van der Waals surface area contributed by atoms with E-state index in [1.54, 1.807) is 34.6 Å². The SMILES string of the molecule is CN(C(=O)OC(C)(C)C)[C@@H](CC1CCCCC1)C(=O)N[C@@H](C(=O)O)C(C)(C)S. The maximum absolute atomic E-state index is 13.0. The van der Waals surface area contributed by atoms with Crippen molar-refractivity contribution < 1.29 is 24.2 Å². The number of likely N-dealkylation sites (N-methyl/N-ethyl adjacent to an activating group) is 1. The Morgan fingerprint density at radius 2 is 1.68 bits per heavy atom. The van der Waals surface area contributed by atoms with Gasteiger partial charge in [-0.25, -0.2) is 9.59 Å². The number of carbonyl (C=O) groups excluding carboxylic acids is 2. The highest BCUT2D eigenvalue weighted by molar-refractivity contribution is 7.81. The van der Waals surface area contributed by atoms with E-state index < -0.39 is 40.4 Å². The fraction of sp³-hybridized carbons (Fsp3) is 0.850. The first kappa shape index (κ1) is 24.6. The van der Waals surface area contributed by atoms with Gasteiger partial charge in [-0.2, -0.15) is 12.6 Å². The van der Waals surface area contributed by atoms with E-state index in [0.29, 0.717) is 12.3 Å². The number of nitrogens with one attached hydrogen (secondary N) is 1. The zero-order valence-electron chi connectivity index (χ0n) is 17.9. The van der Waals surface area contributed by atoms with E-state index in [2.05, 4.69) is 17.9 Å². The molecule has 0 spiro atoms. The quantitative estimate of drug-likeness (QED) is 0.552. The van der Waals surface area contributed by atoms with Crippen molar-refractivity contribution in [2.45, 2.75) is 95.6 Å². The van der Waals surface area contributed by atoms with Gasteiger partial charge in [0.25, 0.3) is 0 Å². The smallest absolute Gasteiger partial charge is 0.410 e. The van der Waals surface area contributed by atoms with Gasteiger partial charge in [-0.05, 0) is 47.0 Å². The van der Waals surface area contributed by atoms with Crippen LogP contribution in [0, 0.1) is 5.92 Å². The summed E-state index contributed by atoms with van der Waals surface area (Å²) < 4.78 is 4.46. The molecule has 1 rings (SSSR count). The van der Waals surface area contributed by atoms with Crippen molar-refractivity contribution in [3.8, 4) is 0 Å². The molecule has 0 radical (unpaired) electrons. The van der Waals surface area contributed by atoms with Gasteiger partial charge >= 0.3 is 12.1 Å². The van der Waals surface area contributed by atoms with Crippen LogP contribution in [0.5, 0.6) is 0 Å². The summed E-state index contributed by atoms with van der Waals surface area (Å²) in [6.07, 6.45) is 5.30. The van der Waals surface area contributed by atoms with Gasteiger partial charge in [-0.1, -0.05) is 32.1 Å². The lowest BCUT2D eigenvalue weighted by Gasteiger charge is -2.35. The molecule has 2 amide bonds. The maximum atomic E-state index is 13.0. The zero-order chi connectivity index (χ0) is 21.7. The first-order valence-corrected chi connectivity index (χ1v) is 10.4. The maximum Gasteiger partial charge on any atom is 0.410 e. The summed E-state index contributed by atoms with van der Waals surface area (Å²) in [4.78, 5) is 38.5. The average Bonchev–Trinajstić information content (AvgIpc) is 2.54. The van der Waals surface area contributed by atoms with Gasteiger partial charge in [0.2, 0.25) is 5.91 Å². The Hall–Kier alpha value is -1.44. The molecule has 1 fully saturated rings. The molecule has 0 aromatic heterocycles. The van der Waals surface area contributed by atoms with Crippen LogP contribution in [0.25, 0.3) is 0 Å². The molecule has 0 unspecified atom stereocenters. The molecular formula is C20H36N2O5S. The molecule has 0 saturated heterocycles. The summed E-state index contributed by atoms with van der Waals surface area (Å²) in [5.74, 6) is -1.33. The highest BCUT2D eigenvalue weighted by Gasteiger charge is 2.38. The van der Waals surface area contributed by atoms with Crippen LogP contribution < -0.4 is 5.32 Å². The number of ether oxygens (including phenoxy) is 1. The molecule has 1 saturated carbocycles. The molecule has 0 aromatic rings. The lowest BCUT2D eigenvalue weighted by atomic mass is 9.84. The zero-order valence-corrected chi connectivity index (χ0v) is 18.8. The van der Waals surface area contributed by atoms with Crippen molar-refractivity contribution in [1.82, 2.24) is 10.2 Å².